The quantitative estimate of drug-likeness (QED) is 0.481. The number of alkyl halides is 3. The van der Waals surface area contributed by atoms with E-state index in [1.807, 2.05) is 23.6 Å². The van der Waals surface area contributed by atoms with Gasteiger partial charge in [0.15, 0.2) is 0 Å². The first-order chi connectivity index (χ1) is 12.3. The first kappa shape index (κ1) is 18.9. The number of halogens is 5. The summed E-state index contributed by atoms with van der Waals surface area (Å²) in [5.41, 5.74) is 1.50. The summed E-state index contributed by atoms with van der Waals surface area (Å²) in [6, 6.07) is 9.55. The second-order valence-corrected chi connectivity index (χ2v) is 6.69. The first-order valence-corrected chi connectivity index (χ1v) is 8.72. The lowest BCUT2D eigenvalue weighted by atomic mass is 10.1. The second-order valence-electron chi connectivity index (χ2n) is 5.90. The predicted octanol–water partition coefficient (Wildman–Crippen LogP) is 6.59. The van der Waals surface area contributed by atoms with Gasteiger partial charge in [0.1, 0.15) is 5.75 Å². The van der Waals surface area contributed by atoms with Gasteiger partial charge in [-0.05, 0) is 42.3 Å². The van der Waals surface area contributed by atoms with E-state index < -0.39 is 11.7 Å². The standard InChI is InChI=1S/C19H16Cl2F3NO/c1-3-12-9-13-16(6-7-17(26-2)18(13)21)25(12)10-11-4-5-15(20)14(8-11)19(22,23)24/h4-9H,3,10H2,1-2H3. The smallest absolute Gasteiger partial charge is 0.417 e. The van der Waals surface area contributed by atoms with Crippen LogP contribution in [0.4, 0.5) is 13.2 Å². The van der Waals surface area contributed by atoms with Crippen molar-refractivity contribution in [3.05, 3.63) is 63.3 Å². The van der Waals surface area contributed by atoms with Crippen LogP contribution in [0, 0.1) is 0 Å². The highest BCUT2D eigenvalue weighted by molar-refractivity contribution is 6.37. The number of nitrogens with zero attached hydrogens (tertiary/aromatic N) is 1. The van der Waals surface area contributed by atoms with Gasteiger partial charge in [-0.15, -0.1) is 0 Å². The van der Waals surface area contributed by atoms with E-state index in [0.717, 1.165) is 22.7 Å². The molecule has 0 spiro atoms. The van der Waals surface area contributed by atoms with Crippen molar-refractivity contribution in [2.75, 3.05) is 7.11 Å². The highest BCUT2D eigenvalue weighted by atomic mass is 35.5. The Hall–Kier alpha value is -1.85. The number of rotatable bonds is 4. The van der Waals surface area contributed by atoms with Crippen molar-refractivity contribution in [3.8, 4) is 5.75 Å². The number of hydrogen-bond donors (Lipinski definition) is 0. The van der Waals surface area contributed by atoms with Crippen molar-refractivity contribution < 1.29 is 17.9 Å². The molecule has 0 atom stereocenters. The van der Waals surface area contributed by atoms with Crippen molar-refractivity contribution in [1.82, 2.24) is 4.57 Å². The fourth-order valence-corrected chi connectivity index (χ4v) is 3.56. The van der Waals surface area contributed by atoms with Crippen molar-refractivity contribution in [2.45, 2.75) is 26.1 Å². The van der Waals surface area contributed by atoms with E-state index >= 15 is 0 Å². The number of fused-ring (bicyclic) bond motifs is 1. The van der Waals surface area contributed by atoms with Crippen molar-refractivity contribution in [2.24, 2.45) is 0 Å². The van der Waals surface area contributed by atoms with Gasteiger partial charge in [0.2, 0.25) is 0 Å². The summed E-state index contributed by atoms with van der Waals surface area (Å²) in [5.74, 6) is 0.560. The molecule has 3 rings (SSSR count). The molecule has 1 heterocycles. The van der Waals surface area contributed by atoms with Gasteiger partial charge in [0.25, 0.3) is 0 Å². The largest absolute Gasteiger partial charge is 0.495 e. The third-order valence-corrected chi connectivity index (χ3v) is 5.05. The Morgan fingerprint density at radius 1 is 1.08 bits per heavy atom. The average Bonchev–Trinajstić information content (AvgIpc) is 2.94. The van der Waals surface area contributed by atoms with E-state index in [9.17, 15) is 13.2 Å². The summed E-state index contributed by atoms with van der Waals surface area (Å²) in [7, 11) is 1.54. The molecular formula is C19H16Cl2F3NO. The molecule has 0 aliphatic carbocycles. The summed E-state index contributed by atoms with van der Waals surface area (Å²) in [6.07, 6.45) is -3.77. The Labute approximate surface area is 159 Å². The van der Waals surface area contributed by atoms with E-state index in [4.69, 9.17) is 27.9 Å². The minimum Gasteiger partial charge on any atom is -0.495 e. The van der Waals surface area contributed by atoms with Gasteiger partial charge in [-0.3, -0.25) is 0 Å². The van der Waals surface area contributed by atoms with Gasteiger partial charge in [-0.2, -0.15) is 13.2 Å². The maximum atomic E-state index is 13.1. The predicted molar refractivity (Wildman–Crippen MR) is 98.4 cm³/mol. The molecule has 7 heteroatoms. The number of benzene rings is 2. The molecule has 0 unspecified atom stereocenters. The zero-order valence-electron chi connectivity index (χ0n) is 14.1. The lowest BCUT2D eigenvalue weighted by molar-refractivity contribution is -0.137. The Bertz CT molecular complexity index is 964. The highest BCUT2D eigenvalue weighted by Crippen LogP contribution is 2.37. The van der Waals surface area contributed by atoms with Crippen LogP contribution in [0.2, 0.25) is 10.0 Å². The number of aromatic nitrogens is 1. The van der Waals surface area contributed by atoms with Crippen LogP contribution in [-0.2, 0) is 19.1 Å². The molecule has 26 heavy (non-hydrogen) atoms. The third-order valence-electron chi connectivity index (χ3n) is 4.33. The fraction of sp³-hybridized carbons (Fsp3) is 0.263. The molecular weight excluding hydrogens is 386 g/mol. The van der Waals surface area contributed by atoms with Crippen LogP contribution in [0.3, 0.4) is 0 Å². The summed E-state index contributed by atoms with van der Waals surface area (Å²) in [6.45, 7) is 2.27. The van der Waals surface area contributed by atoms with Gasteiger partial charge < -0.3 is 9.30 Å². The normalized spacial score (nSPS) is 12.0. The number of hydrogen-bond acceptors (Lipinski definition) is 1. The summed E-state index contributed by atoms with van der Waals surface area (Å²) in [5, 5.41) is 1.00. The Kier molecular flexibility index (Phi) is 5.13. The number of ether oxygens (including phenoxy) is 1. The van der Waals surface area contributed by atoms with Gasteiger partial charge in [0, 0.05) is 17.6 Å². The van der Waals surface area contributed by atoms with Crippen molar-refractivity contribution in [3.63, 3.8) is 0 Å². The van der Waals surface area contributed by atoms with Crippen LogP contribution in [0.25, 0.3) is 10.9 Å². The van der Waals surface area contributed by atoms with Crippen molar-refractivity contribution in [1.29, 1.82) is 0 Å². The number of methoxy groups -OCH3 is 1. The van der Waals surface area contributed by atoms with Crippen LogP contribution < -0.4 is 4.74 Å². The lowest BCUT2D eigenvalue weighted by Gasteiger charge is -2.14. The van der Waals surface area contributed by atoms with E-state index in [1.54, 1.807) is 12.1 Å². The monoisotopic (exact) mass is 401 g/mol. The SMILES string of the molecule is CCc1cc2c(Cl)c(OC)ccc2n1Cc1ccc(Cl)c(C(F)(F)F)c1. The molecule has 0 amide bonds. The van der Waals surface area contributed by atoms with Gasteiger partial charge in [0.05, 0.1) is 28.2 Å². The Morgan fingerprint density at radius 3 is 2.42 bits per heavy atom. The van der Waals surface area contributed by atoms with Crippen molar-refractivity contribution >= 4 is 34.1 Å². The molecule has 3 aromatic rings. The van der Waals surface area contributed by atoms with Crippen LogP contribution in [-0.4, -0.2) is 11.7 Å². The third kappa shape index (κ3) is 3.38. The second kappa shape index (κ2) is 7.05. The molecule has 138 valence electrons. The molecule has 2 aromatic carbocycles. The molecule has 0 radical (unpaired) electrons. The van der Waals surface area contributed by atoms with Crippen LogP contribution >= 0.6 is 23.2 Å². The summed E-state index contributed by atoms with van der Waals surface area (Å²) >= 11 is 12.1. The van der Waals surface area contributed by atoms with Crippen LogP contribution in [0.5, 0.6) is 5.75 Å². The Balaban J connectivity index is 2.11. The molecule has 0 aliphatic heterocycles. The fourth-order valence-electron chi connectivity index (χ4n) is 3.04. The van der Waals surface area contributed by atoms with E-state index in [2.05, 4.69) is 0 Å². The summed E-state index contributed by atoms with van der Waals surface area (Å²) < 4.78 is 46.6. The molecule has 0 N–H and O–H groups in total. The average molecular weight is 402 g/mol. The molecule has 0 fully saturated rings. The maximum Gasteiger partial charge on any atom is 0.417 e. The van der Waals surface area contributed by atoms with Gasteiger partial charge in [-0.25, -0.2) is 0 Å². The van der Waals surface area contributed by atoms with E-state index in [0.29, 0.717) is 22.8 Å². The van der Waals surface area contributed by atoms with Gasteiger partial charge in [-0.1, -0.05) is 36.2 Å². The summed E-state index contributed by atoms with van der Waals surface area (Å²) in [4.78, 5) is 0. The van der Waals surface area contributed by atoms with E-state index in [-0.39, 0.29) is 11.6 Å². The molecule has 1 aromatic heterocycles. The lowest BCUT2D eigenvalue weighted by Crippen LogP contribution is -2.09. The molecule has 0 saturated heterocycles. The maximum absolute atomic E-state index is 13.1. The minimum atomic E-state index is -4.49. The topological polar surface area (TPSA) is 14.2 Å². The zero-order chi connectivity index (χ0) is 19.1. The first-order valence-electron chi connectivity index (χ1n) is 7.96. The minimum absolute atomic E-state index is 0.287. The zero-order valence-corrected chi connectivity index (χ0v) is 15.6. The molecule has 0 aliphatic rings. The van der Waals surface area contributed by atoms with E-state index in [1.165, 1.54) is 13.2 Å². The molecule has 0 bridgehead atoms. The Morgan fingerprint density at radius 2 is 1.81 bits per heavy atom. The van der Waals surface area contributed by atoms with Gasteiger partial charge >= 0.3 is 6.18 Å². The highest BCUT2D eigenvalue weighted by Gasteiger charge is 2.33. The molecule has 2 nitrogen and oxygen atoms in total. The van der Waals surface area contributed by atoms with Crippen LogP contribution in [0.1, 0.15) is 23.7 Å². The molecule has 0 saturated carbocycles. The number of aryl methyl sites for hydroxylation is 1. The van der Waals surface area contributed by atoms with Crippen LogP contribution in [0.15, 0.2) is 36.4 Å².